The lowest BCUT2D eigenvalue weighted by molar-refractivity contribution is -0.137. The molecule has 18 heavy (non-hydrogen) atoms. The van der Waals surface area contributed by atoms with Crippen molar-refractivity contribution in [1.82, 2.24) is 4.98 Å². The molecule has 0 fully saturated rings. The minimum atomic E-state index is -4.48. The highest BCUT2D eigenvalue weighted by molar-refractivity contribution is 9.10. The van der Waals surface area contributed by atoms with Gasteiger partial charge in [0.05, 0.1) is 18.2 Å². The number of ether oxygens (including phenoxy) is 1. The quantitative estimate of drug-likeness (QED) is 0.870. The molecule has 0 aromatic carbocycles. The molecule has 0 aliphatic rings. The Morgan fingerprint density at radius 2 is 2.22 bits per heavy atom. The zero-order chi connectivity index (χ0) is 13.8. The molecule has 1 rings (SSSR count). The Labute approximate surface area is 111 Å². The molecule has 0 saturated heterocycles. The lowest BCUT2D eigenvalue weighted by Gasteiger charge is -2.19. The van der Waals surface area contributed by atoms with Crippen molar-refractivity contribution >= 4 is 21.7 Å². The summed E-state index contributed by atoms with van der Waals surface area (Å²) in [5.74, 6) is -0.252. The fraction of sp³-hybridized carbons (Fsp3) is 0.500. The number of anilines is 1. The molecular formula is C10H13BrF3N3O. The SMILES string of the molecule is COCC(CN)Nc1ncc(Br)cc1C(F)(F)F. The molecule has 0 aliphatic carbocycles. The van der Waals surface area contributed by atoms with Gasteiger partial charge in [-0.25, -0.2) is 4.98 Å². The number of halogens is 4. The van der Waals surface area contributed by atoms with Crippen molar-refractivity contribution in [3.05, 3.63) is 22.3 Å². The van der Waals surface area contributed by atoms with Crippen LogP contribution in [-0.2, 0) is 10.9 Å². The van der Waals surface area contributed by atoms with Crippen LogP contribution in [-0.4, -0.2) is 31.3 Å². The minimum Gasteiger partial charge on any atom is -0.383 e. The average Bonchev–Trinajstić information content (AvgIpc) is 2.29. The van der Waals surface area contributed by atoms with E-state index in [9.17, 15) is 13.2 Å². The first-order valence-electron chi connectivity index (χ1n) is 5.06. The van der Waals surface area contributed by atoms with Gasteiger partial charge in [-0.2, -0.15) is 13.2 Å². The first-order chi connectivity index (χ1) is 8.38. The van der Waals surface area contributed by atoms with E-state index in [4.69, 9.17) is 10.5 Å². The number of nitrogens with zero attached hydrogens (tertiary/aromatic N) is 1. The van der Waals surface area contributed by atoms with Crippen molar-refractivity contribution in [2.45, 2.75) is 12.2 Å². The third-order valence-electron chi connectivity index (χ3n) is 2.15. The van der Waals surface area contributed by atoms with Crippen LogP contribution in [0.15, 0.2) is 16.7 Å². The smallest absolute Gasteiger partial charge is 0.383 e. The van der Waals surface area contributed by atoms with Gasteiger partial charge in [-0.3, -0.25) is 0 Å². The molecular weight excluding hydrogens is 315 g/mol. The van der Waals surface area contributed by atoms with E-state index in [1.807, 2.05) is 0 Å². The second-order valence-corrected chi connectivity index (χ2v) is 4.50. The van der Waals surface area contributed by atoms with Crippen LogP contribution in [0.3, 0.4) is 0 Å². The number of pyridine rings is 1. The monoisotopic (exact) mass is 327 g/mol. The van der Waals surface area contributed by atoms with Gasteiger partial charge in [-0.05, 0) is 22.0 Å². The highest BCUT2D eigenvalue weighted by Gasteiger charge is 2.35. The third kappa shape index (κ3) is 4.11. The minimum absolute atomic E-state index is 0.142. The van der Waals surface area contributed by atoms with Crippen LogP contribution in [0.2, 0.25) is 0 Å². The predicted molar refractivity (Wildman–Crippen MR) is 65.3 cm³/mol. The number of nitrogens with two attached hydrogens (primary N) is 1. The Hall–Kier alpha value is -0.860. The van der Waals surface area contributed by atoms with Crippen molar-refractivity contribution in [3.8, 4) is 0 Å². The van der Waals surface area contributed by atoms with Gasteiger partial charge in [-0.1, -0.05) is 0 Å². The van der Waals surface area contributed by atoms with Crippen LogP contribution in [0.1, 0.15) is 5.56 Å². The Kier molecular flexibility index (Phi) is 5.36. The maximum atomic E-state index is 12.8. The molecule has 1 aromatic heterocycles. The van der Waals surface area contributed by atoms with Gasteiger partial charge in [0.1, 0.15) is 5.82 Å². The normalized spacial score (nSPS) is 13.4. The zero-order valence-corrected chi connectivity index (χ0v) is 11.2. The Morgan fingerprint density at radius 3 is 2.72 bits per heavy atom. The molecule has 0 bridgehead atoms. The van der Waals surface area contributed by atoms with E-state index in [0.717, 1.165) is 6.07 Å². The predicted octanol–water partition coefficient (Wildman–Crippen LogP) is 2.25. The average molecular weight is 328 g/mol. The number of aromatic nitrogens is 1. The molecule has 1 aromatic rings. The lowest BCUT2D eigenvalue weighted by Crippen LogP contribution is -2.34. The number of hydrogen-bond donors (Lipinski definition) is 2. The van der Waals surface area contributed by atoms with E-state index in [2.05, 4.69) is 26.2 Å². The number of alkyl halides is 3. The molecule has 1 heterocycles. The Bertz CT molecular complexity index is 400. The van der Waals surface area contributed by atoms with Crippen molar-refractivity contribution < 1.29 is 17.9 Å². The topological polar surface area (TPSA) is 60.2 Å². The van der Waals surface area contributed by atoms with Gasteiger partial charge >= 0.3 is 6.18 Å². The van der Waals surface area contributed by atoms with Crippen molar-refractivity contribution in [1.29, 1.82) is 0 Å². The second-order valence-electron chi connectivity index (χ2n) is 3.58. The highest BCUT2D eigenvalue weighted by Crippen LogP contribution is 2.35. The molecule has 3 N–H and O–H groups in total. The molecule has 4 nitrogen and oxygen atoms in total. The summed E-state index contributed by atoms with van der Waals surface area (Å²) < 4.78 is 43.5. The lowest BCUT2D eigenvalue weighted by atomic mass is 10.2. The Balaban J connectivity index is 3.01. The molecule has 1 unspecified atom stereocenters. The van der Waals surface area contributed by atoms with Gasteiger partial charge < -0.3 is 15.8 Å². The van der Waals surface area contributed by atoms with Gasteiger partial charge in [0, 0.05) is 24.3 Å². The van der Waals surface area contributed by atoms with E-state index < -0.39 is 17.8 Å². The van der Waals surface area contributed by atoms with Crippen molar-refractivity contribution in [3.63, 3.8) is 0 Å². The number of methoxy groups -OCH3 is 1. The van der Waals surface area contributed by atoms with Crippen LogP contribution in [0.4, 0.5) is 19.0 Å². The summed E-state index contributed by atoms with van der Waals surface area (Å²) in [5.41, 5.74) is 4.59. The molecule has 0 amide bonds. The van der Waals surface area contributed by atoms with E-state index >= 15 is 0 Å². The van der Waals surface area contributed by atoms with Crippen LogP contribution < -0.4 is 11.1 Å². The maximum absolute atomic E-state index is 12.8. The second kappa shape index (κ2) is 6.35. The third-order valence-corrected chi connectivity index (χ3v) is 2.59. The molecule has 8 heteroatoms. The summed E-state index contributed by atoms with van der Waals surface area (Å²) in [5, 5.41) is 2.63. The summed E-state index contributed by atoms with van der Waals surface area (Å²) in [7, 11) is 1.45. The van der Waals surface area contributed by atoms with Crippen LogP contribution >= 0.6 is 15.9 Å². The summed E-state index contributed by atoms with van der Waals surface area (Å²) >= 11 is 2.96. The highest BCUT2D eigenvalue weighted by atomic mass is 79.9. The first kappa shape index (κ1) is 15.2. The summed E-state index contributed by atoms with van der Waals surface area (Å²) in [6, 6.07) is 0.542. The van der Waals surface area contributed by atoms with E-state index in [-0.39, 0.29) is 23.4 Å². The van der Waals surface area contributed by atoms with Gasteiger partial charge in [0.2, 0.25) is 0 Å². The molecule has 0 radical (unpaired) electrons. The molecule has 0 aliphatic heterocycles. The molecule has 102 valence electrons. The zero-order valence-electron chi connectivity index (χ0n) is 9.59. The molecule has 0 spiro atoms. The summed E-state index contributed by atoms with van der Waals surface area (Å²) in [6.07, 6.45) is -3.19. The van der Waals surface area contributed by atoms with E-state index in [1.165, 1.54) is 13.3 Å². The van der Waals surface area contributed by atoms with Crippen LogP contribution in [0, 0.1) is 0 Å². The fourth-order valence-corrected chi connectivity index (χ4v) is 1.66. The maximum Gasteiger partial charge on any atom is 0.419 e. The van der Waals surface area contributed by atoms with Gasteiger partial charge in [0.15, 0.2) is 0 Å². The van der Waals surface area contributed by atoms with Gasteiger partial charge in [-0.15, -0.1) is 0 Å². The summed E-state index contributed by atoms with van der Waals surface area (Å²) in [4.78, 5) is 3.73. The fourth-order valence-electron chi connectivity index (χ4n) is 1.33. The number of hydrogen-bond acceptors (Lipinski definition) is 4. The number of rotatable bonds is 5. The Morgan fingerprint density at radius 1 is 1.56 bits per heavy atom. The standard InChI is InChI=1S/C10H13BrF3N3O/c1-18-5-7(3-15)17-9-8(10(12,13)14)2-6(11)4-16-9/h2,4,7H,3,5,15H2,1H3,(H,16,17). The van der Waals surface area contributed by atoms with Crippen molar-refractivity contribution in [2.75, 3.05) is 25.6 Å². The summed E-state index contributed by atoms with van der Waals surface area (Å²) in [6.45, 7) is 0.342. The van der Waals surface area contributed by atoms with Crippen molar-refractivity contribution in [2.24, 2.45) is 5.73 Å². The van der Waals surface area contributed by atoms with E-state index in [1.54, 1.807) is 0 Å². The largest absolute Gasteiger partial charge is 0.419 e. The van der Waals surface area contributed by atoms with E-state index in [0.29, 0.717) is 0 Å². The van der Waals surface area contributed by atoms with Crippen LogP contribution in [0.25, 0.3) is 0 Å². The molecule has 1 atom stereocenters. The first-order valence-corrected chi connectivity index (χ1v) is 5.86. The van der Waals surface area contributed by atoms with Gasteiger partial charge in [0.25, 0.3) is 0 Å². The molecule has 0 saturated carbocycles. The van der Waals surface area contributed by atoms with Crippen LogP contribution in [0.5, 0.6) is 0 Å². The number of nitrogens with one attached hydrogen (secondary N) is 1.